The van der Waals surface area contributed by atoms with E-state index in [1.807, 2.05) is 34.7 Å². The average Bonchev–Trinajstić information content (AvgIpc) is 3.14. The van der Waals surface area contributed by atoms with Crippen molar-refractivity contribution < 1.29 is 9.53 Å². The molecule has 1 aliphatic rings. The lowest BCUT2D eigenvalue weighted by atomic mass is 10.2. The van der Waals surface area contributed by atoms with E-state index in [9.17, 15) is 4.79 Å². The van der Waals surface area contributed by atoms with Crippen LogP contribution in [0.2, 0.25) is 0 Å². The molecule has 24 heavy (non-hydrogen) atoms. The van der Waals surface area contributed by atoms with Crippen molar-refractivity contribution in [2.75, 3.05) is 13.1 Å². The standard InChI is InChI=1S/C18H24N4O2/c1-3-5-10-21(4-2)18(23)17-12-14-11-16(13-22(14)20-17)24-15-6-8-19-9-7-15/h6-9,12,16H,3-5,10-11,13H2,1-2H3/t16-/m0/s1. The first-order valence-electron chi connectivity index (χ1n) is 8.64. The molecule has 0 fully saturated rings. The summed E-state index contributed by atoms with van der Waals surface area (Å²) in [6, 6.07) is 5.61. The number of aromatic nitrogens is 3. The largest absolute Gasteiger partial charge is 0.488 e. The Morgan fingerprint density at radius 3 is 2.83 bits per heavy atom. The molecule has 0 spiro atoms. The van der Waals surface area contributed by atoms with Gasteiger partial charge in [-0.3, -0.25) is 14.5 Å². The fourth-order valence-electron chi connectivity index (χ4n) is 2.98. The van der Waals surface area contributed by atoms with Gasteiger partial charge in [-0.1, -0.05) is 13.3 Å². The van der Waals surface area contributed by atoms with E-state index in [0.29, 0.717) is 12.2 Å². The average molecular weight is 328 g/mol. The molecule has 6 heteroatoms. The molecule has 128 valence electrons. The molecule has 3 rings (SSSR count). The number of ether oxygens (including phenoxy) is 1. The van der Waals surface area contributed by atoms with Gasteiger partial charge in [0, 0.05) is 37.6 Å². The first-order chi connectivity index (χ1) is 11.7. The fraction of sp³-hybridized carbons (Fsp3) is 0.500. The number of pyridine rings is 1. The van der Waals surface area contributed by atoms with E-state index in [2.05, 4.69) is 17.0 Å². The van der Waals surface area contributed by atoms with Gasteiger partial charge in [0.15, 0.2) is 5.69 Å². The molecular weight excluding hydrogens is 304 g/mol. The van der Waals surface area contributed by atoms with Crippen LogP contribution >= 0.6 is 0 Å². The maximum atomic E-state index is 12.6. The Kier molecular flexibility index (Phi) is 5.13. The Hall–Kier alpha value is -2.37. The third kappa shape index (κ3) is 3.58. The second-order valence-electron chi connectivity index (χ2n) is 6.07. The zero-order chi connectivity index (χ0) is 16.9. The van der Waals surface area contributed by atoms with Crippen molar-refractivity contribution >= 4 is 5.91 Å². The van der Waals surface area contributed by atoms with Crippen molar-refractivity contribution in [3.8, 4) is 5.75 Å². The molecule has 0 saturated heterocycles. The Bertz CT molecular complexity index is 660. The molecule has 0 aliphatic carbocycles. The van der Waals surface area contributed by atoms with E-state index in [1.54, 1.807) is 12.4 Å². The van der Waals surface area contributed by atoms with E-state index in [4.69, 9.17) is 4.74 Å². The second kappa shape index (κ2) is 7.47. The summed E-state index contributed by atoms with van der Waals surface area (Å²) in [5.41, 5.74) is 1.61. The van der Waals surface area contributed by atoms with Gasteiger partial charge in [-0.25, -0.2) is 0 Å². The maximum Gasteiger partial charge on any atom is 0.274 e. The summed E-state index contributed by atoms with van der Waals surface area (Å²) in [5, 5.41) is 4.49. The Morgan fingerprint density at radius 1 is 1.38 bits per heavy atom. The number of hydrogen-bond acceptors (Lipinski definition) is 4. The molecule has 1 atom stereocenters. The molecule has 0 N–H and O–H groups in total. The van der Waals surface area contributed by atoms with E-state index >= 15 is 0 Å². The summed E-state index contributed by atoms with van der Waals surface area (Å²) in [5.74, 6) is 0.841. The third-order valence-electron chi connectivity index (χ3n) is 4.30. The highest BCUT2D eigenvalue weighted by molar-refractivity contribution is 5.92. The van der Waals surface area contributed by atoms with Crippen LogP contribution in [0.15, 0.2) is 30.6 Å². The summed E-state index contributed by atoms with van der Waals surface area (Å²) < 4.78 is 7.84. The molecule has 0 saturated carbocycles. The molecule has 0 unspecified atom stereocenters. The lowest BCUT2D eigenvalue weighted by molar-refractivity contribution is 0.0754. The number of amides is 1. The molecule has 2 aromatic rings. The molecule has 6 nitrogen and oxygen atoms in total. The van der Waals surface area contributed by atoms with E-state index in [1.165, 1.54) is 0 Å². The number of fused-ring (bicyclic) bond motifs is 1. The van der Waals surface area contributed by atoms with Gasteiger partial charge in [0.2, 0.25) is 0 Å². The Balaban J connectivity index is 1.62. The summed E-state index contributed by atoms with van der Waals surface area (Å²) >= 11 is 0. The highest BCUT2D eigenvalue weighted by Crippen LogP contribution is 2.21. The third-order valence-corrected chi connectivity index (χ3v) is 4.30. The maximum absolute atomic E-state index is 12.6. The Labute approximate surface area is 142 Å². The minimum atomic E-state index is 0.0273. The highest BCUT2D eigenvalue weighted by atomic mass is 16.5. The van der Waals surface area contributed by atoms with E-state index in [-0.39, 0.29) is 12.0 Å². The van der Waals surface area contributed by atoms with Crippen LogP contribution in [0.25, 0.3) is 0 Å². The molecule has 3 heterocycles. The second-order valence-corrected chi connectivity index (χ2v) is 6.07. The summed E-state index contributed by atoms with van der Waals surface area (Å²) in [7, 11) is 0. The van der Waals surface area contributed by atoms with Gasteiger partial charge in [-0.15, -0.1) is 0 Å². The van der Waals surface area contributed by atoms with Crippen LogP contribution in [0.1, 0.15) is 42.9 Å². The zero-order valence-corrected chi connectivity index (χ0v) is 14.3. The van der Waals surface area contributed by atoms with Crippen molar-refractivity contribution in [3.63, 3.8) is 0 Å². The molecular formula is C18H24N4O2. The lowest BCUT2D eigenvalue weighted by Crippen LogP contribution is -2.32. The number of carbonyl (C=O) groups excluding carboxylic acids is 1. The number of rotatable bonds is 7. The van der Waals surface area contributed by atoms with Crippen molar-refractivity contribution in [3.05, 3.63) is 42.0 Å². The van der Waals surface area contributed by atoms with Crippen molar-refractivity contribution in [2.24, 2.45) is 0 Å². The van der Waals surface area contributed by atoms with Gasteiger partial charge < -0.3 is 9.64 Å². The van der Waals surface area contributed by atoms with Crippen LogP contribution in [-0.2, 0) is 13.0 Å². The van der Waals surface area contributed by atoms with Crippen LogP contribution < -0.4 is 4.74 Å². The van der Waals surface area contributed by atoms with Crippen molar-refractivity contribution in [1.82, 2.24) is 19.7 Å². The first kappa shape index (κ1) is 16.5. The minimum absolute atomic E-state index is 0.0273. The summed E-state index contributed by atoms with van der Waals surface area (Å²) in [6.45, 7) is 6.32. The van der Waals surface area contributed by atoms with Crippen LogP contribution in [0.3, 0.4) is 0 Å². The zero-order valence-electron chi connectivity index (χ0n) is 14.3. The normalized spacial score (nSPS) is 16.0. The predicted molar refractivity (Wildman–Crippen MR) is 91.1 cm³/mol. The Morgan fingerprint density at radius 2 is 2.17 bits per heavy atom. The van der Waals surface area contributed by atoms with Gasteiger partial charge in [0.05, 0.1) is 6.54 Å². The topological polar surface area (TPSA) is 60.2 Å². The quantitative estimate of drug-likeness (QED) is 0.784. The molecule has 1 aliphatic heterocycles. The minimum Gasteiger partial charge on any atom is -0.488 e. The molecule has 0 radical (unpaired) electrons. The van der Waals surface area contributed by atoms with Crippen molar-refractivity contribution in [1.29, 1.82) is 0 Å². The first-order valence-corrected chi connectivity index (χ1v) is 8.64. The summed E-state index contributed by atoms with van der Waals surface area (Å²) in [6.07, 6.45) is 6.36. The van der Waals surface area contributed by atoms with Gasteiger partial charge in [0.25, 0.3) is 5.91 Å². The van der Waals surface area contributed by atoms with E-state index < -0.39 is 0 Å². The fourth-order valence-corrected chi connectivity index (χ4v) is 2.98. The SMILES string of the molecule is CCCCN(CC)C(=O)c1cc2n(n1)C[C@@H](Oc1ccncc1)C2. The number of nitrogens with zero attached hydrogens (tertiary/aromatic N) is 4. The van der Waals surface area contributed by atoms with Gasteiger partial charge in [0.1, 0.15) is 11.9 Å². The van der Waals surface area contributed by atoms with Gasteiger partial charge >= 0.3 is 0 Å². The monoisotopic (exact) mass is 328 g/mol. The van der Waals surface area contributed by atoms with Crippen LogP contribution in [0, 0.1) is 0 Å². The highest BCUT2D eigenvalue weighted by Gasteiger charge is 2.27. The number of carbonyl (C=O) groups is 1. The van der Waals surface area contributed by atoms with Crippen LogP contribution in [0.5, 0.6) is 5.75 Å². The van der Waals surface area contributed by atoms with Crippen LogP contribution in [-0.4, -0.2) is 44.8 Å². The molecule has 0 bridgehead atoms. The molecule has 1 amide bonds. The number of unbranched alkanes of at least 4 members (excludes halogenated alkanes) is 1. The van der Waals surface area contributed by atoms with E-state index in [0.717, 1.165) is 43.8 Å². The van der Waals surface area contributed by atoms with Crippen LogP contribution in [0.4, 0.5) is 0 Å². The van der Waals surface area contributed by atoms with Crippen molar-refractivity contribution in [2.45, 2.75) is 45.8 Å². The van der Waals surface area contributed by atoms with Gasteiger partial charge in [-0.05, 0) is 31.5 Å². The molecule has 0 aromatic carbocycles. The lowest BCUT2D eigenvalue weighted by Gasteiger charge is -2.19. The predicted octanol–water partition coefficient (Wildman–Crippen LogP) is 2.54. The van der Waals surface area contributed by atoms with Gasteiger partial charge in [-0.2, -0.15) is 5.10 Å². The summed E-state index contributed by atoms with van der Waals surface area (Å²) in [4.78, 5) is 18.4. The molecule has 2 aromatic heterocycles. The smallest absolute Gasteiger partial charge is 0.274 e. The number of hydrogen-bond donors (Lipinski definition) is 0.